The van der Waals surface area contributed by atoms with Gasteiger partial charge in [0.1, 0.15) is 17.2 Å². The number of hydrogen-bond donors (Lipinski definition) is 0. The Hall–Kier alpha value is -2.67. The summed E-state index contributed by atoms with van der Waals surface area (Å²) >= 11 is 1.72. The van der Waals surface area contributed by atoms with Gasteiger partial charge in [-0.3, -0.25) is 4.57 Å². The molecule has 1 saturated carbocycles. The SMILES string of the molecule is COc1cccc(CSc2nnc(-c3cc(OC)cc(OC)c3)n2C2CCCCC2)c1. The van der Waals surface area contributed by atoms with Crippen molar-refractivity contribution in [1.82, 2.24) is 14.8 Å². The number of benzene rings is 2. The van der Waals surface area contributed by atoms with Crippen molar-refractivity contribution in [3.8, 4) is 28.6 Å². The van der Waals surface area contributed by atoms with Crippen LogP contribution in [0.1, 0.15) is 43.7 Å². The Morgan fingerprint density at radius 1 is 0.871 bits per heavy atom. The molecule has 3 aromatic rings. The van der Waals surface area contributed by atoms with Crippen LogP contribution in [0, 0.1) is 0 Å². The fourth-order valence-corrected chi connectivity index (χ4v) is 5.04. The first-order valence-electron chi connectivity index (χ1n) is 10.7. The zero-order valence-electron chi connectivity index (χ0n) is 18.3. The summed E-state index contributed by atoms with van der Waals surface area (Å²) in [6.07, 6.45) is 6.08. The first-order chi connectivity index (χ1) is 15.2. The standard InChI is InChI=1S/C24H29N3O3S/c1-28-20-11-7-8-17(12-20)16-31-24-26-25-23(27(24)19-9-5-4-6-10-19)18-13-21(29-2)15-22(14-18)30-3/h7-8,11-15,19H,4-6,9-10,16H2,1-3H3. The molecule has 1 aromatic heterocycles. The van der Waals surface area contributed by atoms with Gasteiger partial charge in [0.15, 0.2) is 11.0 Å². The van der Waals surface area contributed by atoms with Gasteiger partial charge < -0.3 is 14.2 Å². The molecule has 0 atom stereocenters. The third-order valence-corrected chi connectivity index (χ3v) is 6.73. The van der Waals surface area contributed by atoms with Crippen molar-refractivity contribution in [2.24, 2.45) is 0 Å². The van der Waals surface area contributed by atoms with Crippen LogP contribution in [0.2, 0.25) is 0 Å². The minimum Gasteiger partial charge on any atom is -0.497 e. The molecule has 1 aliphatic rings. The summed E-state index contributed by atoms with van der Waals surface area (Å²) in [7, 11) is 5.03. The van der Waals surface area contributed by atoms with Crippen LogP contribution < -0.4 is 14.2 Å². The quantitative estimate of drug-likeness (QED) is 0.415. The van der Waals surface area contributed by atoms with Gasteiger partial charge in [-0.25, -0.2) is 0 Å². The van der Waals surface area contributed by atoms with E-state index in [-0.39, 0.29) is 0 Å². The average molecular weight is 440 g/mol. The van der Waals surface area contributed by atoms with E-state index < -0.39 is 0 Å². The molecular formula is C24H29N3O3S. The molecule has 0 unspecified atom stereocenters. The van der Waals surface area contributed by atoms with Crippen molar-refractivity contribution in [2.45, 2.75) is 49.1 Å². The maximum Gasteiger partial charge on any atom is 0.192 e. The Balaban J connectivity index is 1.68. The molecule has 0 spiro atoms. The fraction of sp³-hybridized carbons (Fsp3) is 0.417. The van der Waals surface area contributed by atoms with Crippen molar-refractivity contribution in [3.05, 3.63) is 48.0 Å². The molecule has 7 heteroatoms. The van der Waals surface area contributed by atoms with E-state index in [0.717, 1.165) is 52.4 Å². The summed E-state index contributed by atoms with van der Waals surface area (Å²) in [6.45, 7) is 0. The van der Waals surface area contributed by atoms with Crippen molar-refractivity contribution in [1.29, 1.82) is 0 Å². The van der Waals surface area contributed by atoms with Gasteiger partial charge in [0.25, 0.3) is 0 Å². The Kier molecular flexibility index (Phi) is 7.02. The molecule has 0 N–H and O–H groups in total. The lowest BCUT2D eigenvalue weighted by atomic mass is 9.95. The van der Waals surface area contributed by atoms with E-state index in [2.05, 4.69) is 26.9 Å². The predicted octanol–water partition coefficient (Wildman–Crippen LogP) is 5.77. The van der Waals surface area contributed by atoms with Crippen LogP contribution in [0.4, 0.5) is 0 Å². The number of rotatable bonds is 8. The van der Waals surface area contributed by atoms with Crippen molar-refractivity contribution < 1.29 is 14.2 Å². The van der Waals surface area contributed by atoms with Gasteiger partial charge >= 0.3 is 0 Å². The van der Waals surface area contributed by atoms with E-state index in [4.69, 9.17) is 14.2 Å². The third-order valence-electron chi connectivity index (χ3n) is 5.72. The number of ether oxygens (including phenoxy) is 3. The molecule has 1 aliphatic carbocycles. The van der Waals surface area contributed by atoms with Crippen LogP contribution in [-0.4, -0.2) is 36.1 Å². The highest BCUT2D eigenvalue weighted by Crippen LogP contribution is 2.38. The summed E-state index contributed by atoms with van der Waals surface area (Å²) in [5.41, 5.74) is 2.16. The Morgan fingerprint density at radius 3 is 2.26 bits per heavy atom. The normalized spacial score (nSPS) is 14.4. The highest BCUT2D eigenvalue weighted by Gasteiger charge is 2.24. The molecule has 6 nitrogen and oxygen atoms in total. The van der Waals surface area contributed by atoms with Crippen LogP contribution in [-0.2, 0) is 5.75 Å². The Bertz CT molecular complexity index is 993. The lowest BCUT2D eigenvalue weighted by molar-refractivity contribution is 0.339. The van der Waals surface area contributed by atoms with Gasteiger partial charge in [0, 0.05) is 23.4 Å². The maximum atomic E-state index is 5.48. The first kappa shape index (κ1) is 21.6. The molecule has 2 aromatic carbocycles. The minimum atomic E-state index is 0.406. The monoisotopic (exact) mass is 439 g/mol. The summed E-state index contributed by atoms with van der Waals surface area (Å²) in [5, 5.41) is 10.2. The van der Waals surface area contributed by atoms with Crippen molar-refractivity contribution in [3.63, 3.8) is 0 Å². The lowest BCUT2D eigenvalue weighted by Gasteiger charge is -2.25. The number of methoxy groups -OCH3 is 3. The van der Waals surface area contributed by atoms with Crippen LogP contribution in [0.5, 0.6) is 17.2 Å². The highest BCUT2D eigenvalue weighted by molar-refractivity contribution is 7.98. The smallest absolute Gasteiger partial charge is 0.192 e. The third kappa shape index (κ3) is 4.98. The van der Waals surface area contributed by atoms with Crippen molar-refractivity contribution >= 4 is 11.8 Å². The second kappa shape index (κ2) is 10.1. The Labute approximate surface area is 187 Å². The fourth-order valence-electron chi connectivity index (χ4n) is 4.09. The van der Waals surface area contributed by atoms with E-state index in [1.54, 1.807) is 33.1 Å². The Morgan fingerprint density at radius 2 is 1.58 bits per heavy atom. The number of aromatic nitrogens is 3. The first-order valence-corrected chi connectivity index (χ1v) is 11.6. The van der Waals surface area contributed by atoms with Gasteiger partial charge in [-0.05, 0) is 42.7 Å². The molecule has 31 heavy (non-hydrogen) atoms. The van der Waals surface area contributed by atoms with Crippen LogP contribution in [0.15, 0.2) is 47.6 Å². The molecule has 0 aliphatic heterocycles. The van der Waals surface area contributed by atoms with Gasteiger partial charge in [0.05, 0.1) is 21.3 Å². The van der Waals surface area contributed by atoms with E-state index >= 15 is 0 Å². The zero-order valence-corrected chi connectivity index (χ0v) is 19.2. The molecule has 0 bridgehead atoms. The maximum absolute atomic E-state index is 5.48. The summed E-state index contributed by atoms with van der Waals surface area (Å²) in [5.74, 6) is 4.05. The number of nitrogens with zero attached hydrogens (tertiary/aromatic N) is 3. The van der Waals surface area contributed by atoms with Crippen LogP contribution in [0.3, 0.4) is 0 Å². The van der Waals surface area contributed by atoms with Gasteiger partial charge in [-0.1, -0.05) is 43.2 Å². The van der Waals surface area contributed by atoms with Gasteiger partial charge in [-0.15, -0.1) is 10.2 Å². The van der Waals surface area contributed by atoms with E-state index in [9.17, 15) is 0 Å². The topological polar surface area (TPSA) is 58.4 Å². The van der Waals surface area contributed by atoms with Crippen molar-refractivity contribution in [2.75, 3.05) is 21.3 Å². The molecule has 4 rings (SSSR count). The summed E-state index contributed by atoms with van der Waals surface area (Å²) in [4.78, 5) is 0. The zero-order chi connectivity index (χ0) is 21.6. The molecule has 0 radical (unpaired) electrons. The van der Waals surface area contributed by atoms with Gasteiger partial charge in [0.2, 0.25) is 0 Å². The number of hydrogen-bond acceptors (Lipinski definition) is 6. The largest absolute Gasteiger partial charge is 0.497 e. The molecule has 1 fully saturated rings. The summed E-state index contributed by atoms with van der Waals surface area (Å²) in [6, 6.07) is 14.5. The van der Waals surface area contributed by atoms with Crippen LogP contribution >= 0.6 is 11.8 Å². The second-order valence-corrected chi connectivity index (χ2v) is 8.65. The molecule has 0 saturated heterocycles. The highest BCUT2D eigenvalue weighted by atomic mass is 32.2. The van der Waals surface area contributed by atoms with Crippen LogP contribution in [0.25, 0.3) is 11.4 Å². The van der Waals surface area contributed by atoms with E-state index in [1.807, 2.05) is 30.3 Å². The lowest BCUT2D eigenvalue weighted by Crippen LogP contribution is -2.15. The predicted molar refractivity (Wildman–Crippen MR) is 123 cm³/mol. The molecule has 1 heterocycles. The van der Waals surface area contributed by atoms with E-state index in [1.165, 1.54) is 24.8 Å². The average Bonchev–Trinajstić information content (AvgIpc) is 3.27. The van der Waals surface area contributed by atoms with Gasteiger partial charge in [-0.2, -0.15) is 0 Å². The van der Waals surface area contributed by atoms with E-state index in [0.29, 0.717) is 6.04 Å². The summed E-state index contributed by atoms with van der Waals surface area (Å²) < 4.78 is 18.7. The minimum absolute atomic E-state index is 0.406. The number of thioether (sulfide) groups is 1. The second-order valence-electron chi connectivity index (χ2n) is 7.71. The molecule has 164 valence electrons. The molecular weight excluding hydrogens is 410 g/mol. The molecule has 0 amide bonds.